The molecule has 1 aliphatic rings. The molecule has 1 saturated heterocycles. The number of aliphatic carboxylic acids is 1. The maximum Gasteiger partial charge on any atom is 0.337 e. The third kappa shape index (κ3) is 5.11. The second kappa shape index (κ2) is 10.3. The molecular formula is C23H25N5O7. The summed E-state index contributed by atoms with van der Waals surface area (Å²) in [5.41, 5.74) is 9.79. The number of hydrogen-bond acceptors (Lipinski definition) is 8. The maximum atomic E-state index is 13.1. The van der Waals surface area contributed by atoms with Crippen LogP contribution in [0.1, 0.15) is 28.8 Å². The van der Waals surface area contributed by atoms with Crippen LogP contribution in [0, 0.1) is 10.1 Å². The van der Waals surface area contributed by atoms with Gasteiger partial charge in [0.15, 0.2) is 5.78 Å². The molecule has 6 N–H and O–H groups in total. The van der Waals surface area contributed by atoms with Crippen LogP contribution >= 0.6 is 0 Å². The molecule has 2 amide bonds. The van der Waals surface area contributed by atoms with Gasteiger partial charge in [-0.1, -0.05) is 30.3 Å². The topological polar surface area (TPSA) is 199 Å². The van der Waals surface area contributed by atoms with Crippen LogP contribution in [0.2, 0.25) is 0 Å². The lowest BCUT2D eigenvalue weighted by molar-refractivity contribution is -0.384. The Morgan fingerprint density at radius 1 is 1.17 bits per heavy atom. The van der Waals surface area contributed by atoms with Gasteiger partial charge in [0, 0.05) is 18.7 Å². The predicted molar refractivity (Wildman–Crippen MR) is 124 cm³/mol. The van der Waals surface area contributed by atoms with E-state index in [-0.39, 0.29) is 42.7 Å². The molecule has 35 heavy (non-hydrogen) atoms. The molecule has 184 valence electrons. The number of rotatable bonds is 9. The molecule has 1 aliphatic heterocycles. The summed E-state index contributed by atoms with van der Waals surface area (Å²) in [6.07, 6.45) is 0.307. The summed E-state index contributed by atoms with van der Waals surface area (Å²) >= 11 is 0. The number of nitrogen functional groups attached to an aromatic ring is 1. The number of carbonyl (C=O) groups excluding carboxylic acids is 3. The summed E-state index contributed by atoms with van der Waals surface area (Å²) in [4.78, 5) is 62.1. The van der Waals surface area contributed by atoms with Gasteiger partial charge in [0.1, 0.15) is 0 Å². The number of nitro groups is 1. The fourth-order valence-corrected chi connectivity index (χ4v) is 4.18. The Bertz CT molecular complexity index is 1170. The molecule has 2 aromatic rings. The predicted octanol–water partition coefficient (Wildman–Crippen LogP) is 0.492. The number of likely N-dealkylation sites (tertiary alicyclic amines) is 1. The number of carboxylic acid groups (broad SMARTS) is 1. The summed E-state index contributed by atoms with van der Waals surface area (Å²) in [6.45, 7) is -0.665. The van der Waals surface area contributed by atoms with Crippen LogP contribution in [0.5, 0.6) is 0 Å². The average Bonchev–Trinajstić information content (AvgIpc) is 3.28. The van der Waals surface area contributed by atoms with Gasteiger partial charge >= 0.3 is 5.97 Å². The van der Waals surface area contributed by atoms with Gasteiger partial charge in [-0.3, -0.25) is 24.5 Å². The first kappa shape index (κ1) is 25.3. The lowest BCUT2D eigenvalue weighted by Crippen LogP contribution is -2.63. The quantitative estimate of drug-likeness (QED) is 0.170. The van der Waals surface area contributed by atoms with E-state index in [9.17, 15) is 34.4 Å². The number of ketones is 1. The largest absolute Gasteiger partial charge is 0.479 e. The highest BCUT2D eigenvalue weighted by Crippen LogP contribution is 2.32. The van der Waals surface area contributed by atoms with E-state index in [1.54, 1.807) is 24.3 Å². The Morgan fingerprint density at radius 2 is 1.86 bits per heavy atom. The fourth-order valence-electron chi connectivity index (χ4n) is 4.18. The molecule has 2 unspecified atom stereocenters. The number of carbonyl (C=O) groups is 4. The minimum Gasteiger partial charge on any atom is -0.479 e. The standard InChI is InChI=1S/C23H25N5O7/c24-17-12-15(28(34)35)7-8-16(17)20(30)26-13-19(29)23(22(32)33)9-4-10-27(23)21(31)18(25)11-14-5-2-1-3-6-14/h1-3,5-8,12,18H,4,9-11,13,24-25H2,(H,26,30)(H,32,33). The van der Waals surface area contributed by atoms with Gasteiger partial charge in [-0.05, 0) is 30.9 Å². The van der Waals surface area contributed by atoms with E-state index in [2.05, 4.69) is 5.32 Å². The van der Waals surface area contributed by atoms with Crippen LogP contribution < -0.4 is 16.8 Å². The van der Waals surface area contributed by atoms with E-state index in [1.165, 1.54) is 0 Å². The zero-order chi connectivity index (χ0) is 25.8. The summed E-state index contributed by atoms with van der Waals surface area (Å²) in [7, 11) is 0. The van der Waals surface area contributed by atoms with Gasteiger partial charge in [0.05, 0.1) is 28.8 Å². The molecule has 0 aromatic heterocycles. The minimum absolute atomic E-state index is 0.0304. The number of non-ortho nitro benzene ring substituents is 1. The van der Waals surface area contributed by atoms with E-state index < -0.39 is 46.6 Å². The second-order valence-electron chi connectivity index (χ2n) is 8.19. The van der Waals surface area contributed by atoms with Gasteiger partial charge in [-0.2, -0.15) is 0 Å². The molecule has 0 radical (unpaired) electrons. The van der Waals surface area contributed by atoms with E-state index in [1.807, 2.05) is 6.07 Å². The fraction of sp³-hybridized carbons (Fsp3) is 0.304. The van der Waals surface area contributed by atoms with Crippen LogP contribution in [-0.2, 0) is 20.8 Å². The highest BCUT2D eigenvalue weighted by atomic mass is 16.6. The van der Waals surface area contributed by atoms with E-state index in [0.717, 1.165) is 28.7 Å². The van der Waals surface area contributed by atoms with Crippen molar-refractivity contribution in [3.8, 4) is 0 Å². The van der Waals surface area contributed by atoms with Gasteiger partial charge in [-0.15, -0.1) is 0 Å². The first-order chi connectivity index (χ1) is 16.6. The van der Waals surface area contributed by atoms with Gasteiger partial charge < -0.3 is 26.8 Å². The summed E-state index contributed by atoms with van der Waals surface area (Å²) in [6, 6.07) is 11.1. The van der Waals surface area contributed by atoms with Crippen LogP contribution in [0.15, 0.2) is 48.5 Å². The number of amides is 2. The number of hydrogen-bond donors (Lipinski definition) is 4. The Kier molecular flexibility index (Phi) is 7.45. The molecule has 0 spiro atoms. The highest BCUT2D eigenvalue weighted by Gasteiger charge is 2.56. The van der Waals surface area contributed by atoms with Crippen LogP contribution in [0.3, 0.4) is 0 Å². The number of anilines is 1. The molecule has 0 bridgehead atoms. The van der Waals surface area contributed by atoms with E-state index >= 15 is 0 Å². The molecule has 12 heteroatoms. The zero-order valence-electron chi connectivity index (χ0n) is 18.7. The molecular weight excluding hydrogens is 458 g/mol. The van der Waals surface area contributed by atoms with Crippen LogP contribution in [0.25, 0.3) is 0 Å². The van der Waals surface area contributed by atoms with Crippen molar-refractivity contribution in [3.63, 3.8) is 0 Å². The Hall–Kier alpha value is -4.32. The highest BCUT2D eigenvalue weighted by molar-refractivity contribution is 6.13. The number of carboxylic acids is 1. The van der Waals surface area contributed by atoms with Crippen molar-refractivity contribution in [3.05, 3.63) is 69.8 Å². The number of benzene rings is 2. The molecule has 0 aliphatic carbocycles. The lowest BCUT2D eigenvalue weighted by Gasteiger charge is -2.35. The van der Waals surface area contributed by atoms with Crippen molar-refractivity contribution in [2.75, 3.05) is 18.8 Å². The SMILES string of the molecule is Nc1cc([N+](=O)[O-])ccc1C(=O)NCC(=O)C1(C(=O)O)CCCN1C(=O)C(N)Cc1ccccc1. The summed E-state index contributed by atoms with van der Waals surface area (Å²) in [5, 5.41) is 23.1. The zero-order valence-corrected chi connectivity index (χ0v) is 18.7. The van der Waals surface area contributed by atoms with Crippen LogP contribution in [-0.4, -0.2) is 63.2 Å². The smallest absolute Gasteiger partial charge is 0.337 e. The molecule has 1 fully saturated rings. The van der Waals surface area contributed by atoms with Gasteiger partial charge in [-0.25, -0.2) is 4.79 Å². The van der Waals surface area contributed by atoms with Crippen molar-refractivity contribution in [1.29, 1.82) is 0 Å². The number of nitro benzene ring substituents is 1. The van der Waals surface area contributed by atoms with Gasteiger partial charge in [0.25, 0.3) is 11.6 Å². The molecule has 2 atom stereocenters. The third-order valence-corrected chi connectivity index (χ3v) is 5.98. The Balaban J connectivity index is 1.75. The Morgan fingerprint density at radius 3 is 2.46 bits per heavy atom. The number of nitrogens with two attached hydrogens (primary N) is 2. The van der Waals surface area contributed by atoms with Crippen molar-refractivity contribution in [2.45, 2.75) is 30.8 Å². The minimum atomic E-state index is -2.17. The monoisotopic (exact) mass is 483 g/mol. The van der Waals surface area contributed by atoms with Crippen molar-refractivity contribution in [2.24, 2.45) is 5.73 Å². The van der Waals surface area contributed by atoms with Crippen molar-refractivity contribution < 1.29 is 29.2 Å². The normalized spacial score (nSPS) is 18.0. The summed E-state index contributed by atoms with van der Waals surface area (Å²) < 4.78 is 0. The average molecular weight is 483 g/mol. The third-order valence-electron chi connectivity index (χ3n) is 5.98. The van der Waals surface area contributed by atoms with Crippen molar-refractivity contribution in [1.82, 2.24) is 10.2 Å². The molecule has 12 nitrogen and oxygen atoms in total. The molecule has 3 rings (SSSR count). The van der Waals surface area contributed by atoms with E-state index in [4.69, 9.17) is 11.5 Å². The molecule has 0 saturated carbocycles. The summed E-state index contributed by atoms with van der Waals surface area (Å²) in [5.74, 6) is -3.89. The maximum absolute atomic E-state index is 13.1. The molecule has 2 aromatic carbocycles. The molecule has 1 heterocycles. The lowest BCUT2D eigenvalue weighted by atomic mass is 9.89. The Labute approximate surface area is 200 Å². The number of nitrogens with zero attached hydrogens (tertiary/aromatic N) is 2. The first-order valence-corrected chi connectivity index (χ1v) is 10.8. The van der Waals surface area contributed by atoms with E-state index in [0.29, 0.717) is 0 Å². The second-order valence-corrected chi connectivity index (χ2v) is 8.19. The number of nitrogens with one attached hydrogen (secondary N) is 1. The van der Waals surface area contributed by atoms with Crippen LogP contribution in [0.4, 0.5) is 11.4 Å². The van der Waals surface area contributed by atoms with Gasteiger partial charge in [0.2, 0.25) is 11.4 Å². The van der Waals surface area contributed by atoms with Crippen molar-refractivity contribution >= 4 is 34.9 Å². The number of Topliss-reactive ketones (excluding diaryl/α,β-unsaturated/α-hetero) is 1. The first-order valence-electron chi connectivity index (χ1n) is 10.8.